The van der Waals surface area contributed by atoms with Crippen LogP contribution < -0.4 is 0 Å². The van der Waals surface area contributed by atoms with E-state index in [0.717, 1.165) is 24.9 Å². The molecule has 0 amide bonds. The van der Waals surface area contributed by atoms with Gasteiger partial charge in [-0.3, -0.25) is 4.79 Å². The highest BCUT2D eigenvalue weighted by atomic mass is 16.1. The van der Waals surface area contributed by atoms with E-state index in [9.17, 15) is 4.79 Å². The zero-order chi connectivity index (χ0) is 9.84. The average molecular weight is 176 g/mol. The summed E-state index contributed by atoms with van der Waals surface area (Å²) < 4.78 is 1.88. The molecule has 0 atom stereocenters. The van der Waals surface area contributed by atoms with Crippen molar-refractivity contribution in [3.8, 4) is 6.07 Å². The van der Waals surface area contributed by atoms with Crippen molar-refractivity contribution < 1.29 is 4.79 Å². The summed E-state index contributed by atoms with van der Waals surface area (Å²) in [6, 6.07) is 3.71. The summed E-state index contributed by atoms with van der Waals surface area (Å²) in [4.78, 5) is 10.7. The molecule has 1 rings (SSSR count). The van der Waals surface area contributed by atoms with Gasteiger partial charge in [0, 0.05) is 12.2 Å². The molecule has 1 heterocycles. The van der Waals surface area contributed by atoms with Crippen LogP contribution in [-0.4, -0.2) is 10.9 Å². The molecular weight excluding hydrogens is 164 g/mol. The molecule has 0 aliphatic heterocycles. The Morgan fingerprint density at radius 1 is 1.69 bits per heavy atom. The van der Waals surface area contributed by atoms with Crippen molar-refractivity contribution in [2.24, 2.45) is 0 Å². The van der Waals surface area contributed by atoms with Crippen LogP contribution in [0, 0.1) is 18.3 Å². The molecule has 1 aromatic rings. The molecule has 0 saturated carbocycles. The molecule has 13 heavy (non-hydrogen) atoms. The largest absolute Gasteiger partial charge is 0.341 e. The van der Waals surface area contributed by atoms with Crippen molar-refractivity contribution in [2.45, 2.75) is 26.8 Å². The SMILES string of the molecule is CCCn1c(C=O)cc(C#N)c1C. The van der Waals surface area contributed by atoms with Gasteiger partial charge >= 0.3 is 0 Å². The van der Waals surface area contributed by atoms with Gasteiger partial charge in [0.1, 0.15) is 6.07 Å². The van der Waals surface area contributed by atoms with E-state index in [4.69, 9.17) is 5.26 Å². The van der Waals surface area contributed by atoms with E-state index in [2.05, 4.69) is 6.07 Å². The van der Waals surface area contributed by atoms with Gasteiger partial charge in [0.2, 0.25) is 0 Å². The summed E-state index contributed by atoms with van der Waals surface area (Å²) in [5.41, 5.74) is 2.07. The maximum atomic E-state index is 10.7. The molecule has 0 aliphatic carbocycles. The number of hydrogen-bond acceptors (Lipinski definition) is 2. The Balaban J connectivity index is 3.22. The van der Waals surface area contributed by atoms with Crippen molar-refractivity contribution in [1.82, 2.24) is 4.57 Å². The number of carbonyl (C=O) groups is 1. The van der Waals surface area contributed by atoms with Crippen LogP contribution >= 0.6 is 0 Å². The number of hydrogen-bond donors (Lipinski definition) is 0. The molecule has 0 spiro atoms. The van der Waals surface area contributed by atoms with Crippen LogP contribution in [-0.2, 0) is 6.54 Å². The summed E-state index contributed by atoms with van der Waals surface area (Å²) in [5.74, 6) is 0. The highest BCUT2D eigenvalue weighted by Gasteiger charge is 2.09. The van der Waals surface area contributed by atoms with E-state index in [0.29, 0.717) is 11.3 Å². The Bertz CT molecular complexity index is 358. The quantitative estimate of drug-likeness (QED) is 0.660. The third kappa shape index (κ3) is 1.62. The lowest BCUT2D eigenvalue weighted by molar-refractivity contribution is 0.111. The lowest BCUT2D eigenvalue weighted by Crippen LogP contribution is -2.03. The number of nitriles is 1. The van der Waals surface area contributed by atoms with Gasteiger partial charge in [-0.1, -0.05) is 6.92 Å². The predicted octanol–water partition coefficient (Wildman–Crippen LogP) is 1.89. The Hall–Kier alpha value is -1.56. The first-order valence-electron chi connectivity index (χ1n) is 4.30. The van der Waals surface area contributed by atoms with E-state index in [1.807, 2.05) is 18.4 Å². The van der Waals surface area contributed by atoms with Crippen LogP contribution in [0.3, 0.4) is 0 Å². The zero-order valence-corrected chi connectivity index (χ0v) is 7.87. The number of aromatic nitrogens is 1. The second-order valence-electron chi connectivity index (χ2n) is 2.95. The predicted molar refractivity (Wildman–Crippen MR) is 49.6 cm³/mol. The van der Waals surface area contributed by atoms with Crippen molar-refractivity contribution in [1.29, 1.82) is 5.26 Å². The maximum Gasteiger partial charge on any atom is 0.166 e. The molecular formula is C10H12N2O. The molecule has 3 heteroatoms. The Labute approximate surface area is 77.6 Å². The molecule has 0 aromatic carbocycles. The molecule has 0 bridgehead atoms. The first-order chi connectivity index (χ1) is 6.24. The fourth-order valence-corrected chi connectivity index (χ4v) is 1.40. The molecule has 3 nitrogen and oxygen atoms in total. The monoisotopic (exact) mass is 176 g/mol. The van der Waals surface area contributed by atoms with Gasteiger partial charge in [0.25, 0.3) is 0 Å². The van der Waals surface area contributed by atoms with Crippen LogP contribution in [0.5, 0.6) is 0 Å². The second kappa shape index (κ2) is 3.90. The van der Waals surface area contributed by atoms with E-state index in [-0.39, 0.29) is 0 Å². The minimum absolute atomic E-state index is 0.593. The molecule has 1 aromatic heterocycles. The molecule has 0 radical (unpaired) electrons. The van der Waals surface area contributed by atoms with E-state index in [1.165, 1.54) is 0 Å². The minimum atomic E-state index is 0.593. The lowest BCUT2D eigenvalue weighted by Gasteiger charge is -2.05. The molecule has 0 fully saturated rings. The number of carbonyl (C=O) groups excluding carboxylic acids is 1. The lowest BCUT2D eigenvalue weighted by atomic mass is 10.3. The second-order valence-corrected chi connectivity index (χ2v) is 2.95. The fraction of sp³-hybridized carbons (Fsp3) is 0.400. The Morgan fingerprint density at radius 2 is 2.38 bits per heavy atom. The minimum Gasteiger partial charge on any atom is -0.341 e. The van der Waals surface area contributed by atoms with Gasteiger partial charge in [-0.25, -0.2) is 0 Å². The highest BCUT2D eigenvalue weighted by molar-refractivity contribution is 5.74. The Morgan fingerprint density at radius 3 is 2.85 bits per heavy atom. The van der Waals surface area contributed by atoms with Crippen molar-refractivity contribution in [3.63, 3.8) is 0 Å². The third-order valence-corrected chi connectivity index (χ3v) is 2.09. The van der Waals surface area contributed by atoms with Gasteiger partial charge in [-0.2, -0.15) is 5.26 Å². The summed E-state index contributed by atoms with van der Waals surface area (Å²) in [5, 5.41) is 8.74. The summed E-state index contributed by atoms with van der Waals surface area (Å²) in [6.45, 7) is 4.70. The van der Waals surface area contributed by atoms with Crippen LogP contribution in [0.4, 0.5) is 0 Å². The highest BCUT2D eigenvalue weighted by Crippen LogP contribution is 2.13. The number of nitrogens with zero attached hydrogens (tertiary/aromatic N) is 2. The van der Waals surface area contributed by atoms with Crippen molar-refractivity contribution in [2.75, 3.05) is 0 Å². The van der Waals surface area contributed by atoms with Crippen LogP contribution in [0.1, 0.15) is 35.1 Å². The number of aldehydes is 1. The summed E-state index contributed by atoms with van der Waals surface area (Å²) >= 11 is 0. The van der Waals surface area contributed by atoms with Gasteiger partial charge in [0.05, 0.1) is 11.3 Å². The summed E-state index contributed by atoms with van der Waals surface area (Å²) in [6.07, 6.45) is 1.75. The van der Waals surface area contributed by atoms with Crippen molar-refractivity contribution in [3.05, 3.63) is 23.0 Å². The van der Waals surface area contributed by atoms with Gasteiger partial charge in [0.15, 0.2) is 6.29 Å². The molecule has 0 unspecified atom stereocenters. The van der Waals surface area contributed by atoms with E-state index >= 15 is 0 Å². The van der Waals surface area contributed by atoms with Gasteiger partial charge in [-0.05, 0) is 19.4 Å². The molecule has 0 saturated heterocycles. The average Bonchev–Trinajstić information content (AvgIpc) is 2.45. The third-order valence-electron chi connectivity index (χ3n) is 2.09. The smallest absolute Gasteiger partial charge is 0.166 e. The molecule has 68 valence electrons. The molecule has 0 aliphatic rings. The fourth-order valence-electron chi connectivity index (χ4n) is 1.40. The first kappa shape index (κ1) is 9.53. The normalized spacial score (nSPS) is 9.62. The van der Waals surface area contributed by atoms with Gasteiger partial charge < -0.3 is 4.57 Å². The standard InChI is InChI=1S/C10H12N2O/c1-3-4-12-8(2)9(6-11)5-10(12)7-13/h5,7H,3-4H2,1-2H3. The van der Waals surface area contributed by atoms with Gasteiger partial charge in [-0.15, -0.1) is 0 Å². The van der Waals surface area contributed by atoms with E-state index in [1.54, 1.807) is 6.07 Å². The van der Waals surface area contributed by atoms with Crippen LogP contribution in [0.15, 0.2) is 6.07 Å². The van der Waals surface area contributed by atoms with E-state index < -0.39 is 0 Å². The summed E-state index contributed by atoms with van der Waals surface area (Å²) in [7, 11) is 0. The molecule has 0 N–H and O–H groups in total. The van der Waals surface area contributed by atoms with Crippen LogP contribution in [0.2, 0.25) is 0 Å². The maximum absolute atomic E-state index is 10.7. The zero-order valence-electron chi connectivity index (χ0n) is 7.87. The van der Waals surface area contributed by atoms with Crippen LogP contribution in [0.25, 0.3) is 0 Å². The first-order valence-corrected chi connectivity index (χ1v) is 4.30. The topological polar surface area (TPSA) is 45.8 Å². The Kier molecular flexibility index (Phi) is 2.86. The van der Waals surface area contributed by atoms with Crippen molar-refractivity contribution >= 4 is 6.29 Å². The number of rotatable bonds is 3.